The van der Waals surface area contributed by atoms with Crippen LogP contribution in [0.3, 0.4) is 0 Å². The van der Waals surface area contributed by atoms with Gasteiger partial charge in [-0.1, -0.05) is 26.0 Å². The van der Waals surface area contributed by atoms with E-state index in [2.05, 4.69) is 26.0 Å². The van der Waals surface area contributed by atoms with E-state index < -0.39 is 0 Å². The molecule has 0 nitrogen and oxygen atoms in total. The predicted molar refractivity (Wildman–Crippen MR) is 38.9 cm³/mol. The lowest BCUT2D eigenvalue weighted by Crippen LogP contribution is -2.43. The second kappa shape index (κ2) is 1.42. The van der Waals surface area contributed by atoms with Crippen LogP contribution >= 0.6 is 0 Å². The summed E-state index contributed by atoms with van der Waals surface area (Å²) in [6.45, 7) is 4.72. The third-order valence-electron chi connectivity index (χ3n) is 3.05. The first-order valence-corrected chi connectivity index (χ1v) is 3.74. The molecule has 1 radical (unpaired) electrons. The zero-order valence-corrected chi connectivity index (χ0v) is 6.15. The minimum Gasteiger partial charge on any atom is -0.0876 e. The maximum atomic E-state index is 2.36. The fraction of sp³-hybridized carbons (Fsp3) is 0.667. The van der Waals surface area contributed by atoms with Gasteiger partial charge in [0, 0.05) is 5.92 Å². The summed E-state index contributed by atoms with van der Waals surface area (Å²) in [6, 6.07) is 0. The molecule has 2 bridgehead atoms. The molecule has 3 rings (SSSR count). The van der Waals surface area contributed by atoms with E-state index in [1.807, 2.05) is 0 Å². The fourth-order valence-electron chi connectivity index (χ4n) is 1.95. The molecule has 1 atom stereocenters. The summed E-state index contributed by atoms with van der Waals surface area (Å²) < 4.78 is 0. The lowest BCUT2D eigenvalue weighted by molar-refractivity contribution is 0.119. The van der Waals surface area contributed by atoms with Gasteiger partial charge in [0.1, 0.15) is 0 Å². The second-order valence-corrected chi connectivity index (χ2v) is 3.79. The van der Waals surface area contributed by atoms with Gasteiger partial charge in [0.05, 0.1) is 0 Å². The first-order chi connectivity index (χ1) is 4.21. The summed E-state index contributed by atoms with van der Waals surface area (Å²) in [4.78, 5) is 0. The number of allylic oxidation sites excluding steroid dienone is 2. The minimum absolute atomic E-state index is 0.564. The summed E-state index contributed by atoms with van der Waals surface area (Å²) in [5, 5.41) is 0. The van der Waals surface area contributed by atoms with Crippen LogP contribution in [0.4, 0.5) is 0 Å². The molecule has 3 aliphatic carbocycles. The van der Waals surface area contributed by atoms with Crippen molar-refractivity contribution in [3.63, 3.8) is 0 Å². The van der Waals surface area contributed by atoms with Crippen LogP contribution in [0.25, 0.3) is 0 Å². The molecular formula is C9H13. The van der Waals surface area contributed by atoms with Crippen molar-refractivity contribution in [3.8, 4) is 0 Å². The van der Waals surface area contributed by atoms with Gasteiger partial charge in [-0.05, 0) is 24.2 Å². The van der Waals surface area contributed by atoms with Crippen molar-refractivity contribution >= 4 is 0 Å². The van der Waals surface area contributed by atoms with Crippen LogP contribution in [0.5, 0.6) is 0 Å². The molecule has 0 aromatic heterocycles. The lowest BCUT2D eigenvalue weighted by Gasteiger charge is -2.53. The van der Waals surface area contributed by atoms with Gasteiger partial charge in [0.2, 0.25) is 0 Å². The first kappa shape index (κ1) is 5.52. The highest BCUT2D eigenvalue weighted by Crippen LogP contribution is 2.57. The molecule has 0 aromatic carbocycles. The molecule has 3 aliphatic rings. The molecule has 0 spiro atoms. The van der Waals surface area contributed by atoms with Crippen molar-refractivity contribution in [1.29, 1.82) is 0 Å². The zero-order chi connectivity index (χ0) is 6.48. The summed E-state index contributed by atoms with van der Waals surface area (Å²) in [5.74, 6) is 2.64. The average molecular weight is 121 g/mol. The predicted octanol–water partition coefficient (Wildman–Crippen LogP) is 2.57. The van der Waals surface area contributed by atoms with E-state index in [0.29, 0.717) is 5.41 Å². The highest BCUT2D eigenvalue weighted by molar-refractivity contribution is 5.31. The molecule has 1 saturated carbocycles. The zero-order valence-electron chi connectivity index (χ0n) is 6.15. The van der Waals surface area contributed by atoms with Crippen molar-refractivity contribution in [2.75, 3.05) is 0 Å². The molecule has 0 aliphatic heterocycles. The Labute approximate surface area is 57.0 Å². The quantitative estimate of drug-likeness (QED) is 0.462. The second-order valence-electron chi connectivity index (χ2n) is 3.79. The number of fused-ring (bicyclic) bond motifs is 1. The number of hydrogen-bond donors (Lipinski definition) is 0. The molecule has 0 N–H and O–H groups in total. The molecule has 0 heterocycles. The van der Waals surface area contributed by atoms with Gasteiger partial charge < -0.3 is 0 Å². The fourth-order valence-corrected chi connectivity index (χ4v) is 1.95. The van der Waals surface area contributed by atoms with E-state index in [0.717, 1.165) is 5.92 Å². The van der Waals surface area contributed by atoms with Crippen LogP contribution in [0.2, 0.25) is 0 Å². The number of rotatable bonds is 0. The van der Waals surface area contributed by atoms with Gasteiger partial charge in [-0.15, -0.1) is 0 Å². The normalized spacial score (nSPS) is 38.2. The molecule has 1 unspecified atom stereocenters. The topological polar surface area (TPSA) is 0 Å². The molecular weight excluding hydrogens is 108 g/mol. The summed E-state index contributed by atoms with van der Waals surface area (Å²) in [7, 11) is 0. The van der Waals surface area contributed by atoms with Gasteiger partial charge in [0.25, 0.3) is 0 Å². The molecule has 0 saturated heterocycles. The van der Waals surface area contributed by atoms with Crippen molar-refractivity contribution < 1.29 is 0 Å². The summed E-state index contributed by atoms with van der Waals surface area (Å²) in [6.07, 6.45) is 7.33. The Hall–Kier alpha value is -0.260. The van der Waals surface area contributed by atoms with Crippen LogP contribution in [-0.2, 0) is 0 Å². The van der Waals surface area contributed by atoms with Crippen LogP contribution in [0.1, 0.15) is 26.7 Å². The SMILES string of the molecule is CC1(C)[C]2C=CCC1C2. The third kappa shape index (κ3) is 0.540. The van der Waals surface area contributed by atoms with Gasteiger partial charge in [0.15, 0.2) is 0 Å². The Morgan fingerprint density at radius 3 is 2.56 bits per heavy atom. The van der Waals surface area contributed by atoms with Gasteiger partial charge >= 0.3 is 0 Å². The van der Waals surface area contributed by atoms with E-state index in [1.54, 1.807) is 5.92 Å². The van der Waals surface area contributed by atoms with E-state index in [9.17, 15) is 0 Å². The van der Waals surface area contributed by atoms with E-state index in [-0.39, 0.29) is 0 Å². The summed E-state index contributed by atoms with van der Waals surface area (Å²) in [5.41, 5.74) is 0.564. The van der Waals surface area contributed by atoms with Gasteiger partial charge in [-0.2, -0.15) is 0 Å². The van der Waals surface area contributed by atoms with Gasteiger partial charge in [-0.3, -0.25) is 0 Å². The van der Waals surface area contributed by atoms with E-state index in [1.165, 1.54) is 12.8 Å². The van der Waals surface area contributed by atoms with Crippen molar-refractivity contribution in [3.05, 3.63) is 18.1 Å². The Bertz CT molecular complexity index is 153. The monoisotopic (exact) mass is 121 g/mol. The summed E-state index contributed by atoms with van der Waals surface area (Å²) >= 11 is 0. The molecule has 0 heteroatoms. The van der Waals surface area contributed by atoms with Crippen LogP contribution < -0.4 is 0 Å². The number of hydrogen-bond acceptors (Lipinski definition) is 0. The van der Waals surface area contributed by atoms with E-state index >= 15 is 0 Å². The molecule has 0 aromatic rings. The highest BCUT2D eigenvalue weighted by atomic mass is 14.5. The van der Waals surface area contributed by atoms with Crippen molar-refractivity contribution in [1.82, 2.24) is 0 Å². The van der Waals surface area contributed by atoms with E-state index in [4.69, 9.17) is 0 Å². The highest BCUT2D eigenvalue weighted by Gasteiger charge is 2.47. The van der Waals surface area contributed by atoms with Gasteiger partial charge in [-0.25, -0.2) is 0 Å². The maximum Gasteiger partial charge on any atom is 0.00348 e. The first-order valence-electron chi connectivity index (χ1n) is 3.74. The smallest absolute Gasteiger partial charge is 0.00348 e. The largest absolute Gasteiger partial charge is 0.0876 e. The van der Waals surface area contributed by atoms with Crippen molar-refractivity contribution in [2.45, 2.75) is 26.7 Å². The Morgan fingerprint density at radius 2 is 2.33 bits per heavy atom. The standard InChI is InChI=1S/C9H13/c1-9(2)7-4-3-5-8(9)6-7/h3-4,8H,5-6H2,1-2H3. The molecule has 1 fully saturated rings. The molecule has 49 valence electrons. The Kier molecular flexibility index (Phi) is 0.870. The lowest BCUT2D eigenvalue weighted by atomic mass is 9.51. The molecule has 0 amide bonds. The van der Waals surface area contributed by atoms with Crippen LogP contribution in [0, 0.1) is 17.3 Å². The van der Waals surface area contributed by atoms with Crippen molar-refractivity contribution in [2.24, 2.45) is 11.3 Å². The minimum atomic E-state index is 0.564. The maximum absolute atomic E-state index is 2.36. The van der Waals surface area contributed by atoms with Crippen LogP contribution in [0.15, 0.2) is 12.2 Å². The Morgan fingerprint density at radius 1 is 1.56 bits per heavy atom. The Balaban J connectivity index is 2.27. The third-order valence-corrected chi connectivity index (χ3v) is 3.05. The molecule has 9 heavy (non-hydrogen) atoms. The van der Waals surface area contributed by atoms with Crippen LogP contribution in [-0.4, -0.2) is 0 Å². The average Bonchev–Trinajstić information content (AvgIpc) is 1.89.